The minimum Gasteiger partial charge on any atom is -0.368 e. The predicted octanol–water partition coefficient (Wildman–Crippen LogP) is 1.69. The molecule has 1 atom stereocenters. The van der Waals surface area contributed by atoms with Crippen LogP contribution in [0.25, 0.3) is 11.4 Å². The Hall–Kier alpha value is -2.02. The number of nitrogens with one attached hydrogen (secondary N) is 1. The van der Waals surface area contributed by atoms with E-state index in [-0.39, 0.29) is 5.92 Å². The van der Waals surface area contributed by atoms with Crippen molar-refractivity contribution in [2.45, 2.75) is 19.9 Å². The number of nitrogens with zero attached hydrogens (tertiary/aromatic N) is 3. The SMILES string of the molecule is CC(C)C(C(N)=O)n1c(-c2cccnc2)n[nH]c1=S. The van der Waals surface area contributed by atoms with Gasteiger partial charge in [0.1, 0.15) is 6.04 Å². The van der Waals surface area contributed by atoms with Gasteiger partial charge in [0.2, 0.25) is 5.91 Å². The van der Waals surface area contributed by atoms with E-state index in [1.807, 2.05) is 19.9 Å². The maximum absolute atomic E-state index is 11.7. The van der Waals surface area contributed by atoms with Gasteiger partial charge < -0.3 is 5.73 Å². The Morgan fingerprint density at radius 2 is 2.26 bits per heavy atom. The lowest BCUT2D eigenvalue weighted by Gasteiger charge is -2.20. The first-order chi connectivity index (χ1) is 9.02. The molecule has 7 heteroatoms. The summed E-state index contributed by atoms with van der Waals surface area (Å²) in [5.41, 5.74) is 6.26. The van der Waals surface area contributed by atoms with Gasteiger partial charge >= 0.3 is 0 Å². The maximum Gasteiger partial charge on any atom is 0.240 e. The van der Waals surface area contributed by atoms with E-state index >= 15 is 0 Å². The van der Waals surface area contributed by atoms with Gasteiger partial charge in [-0.3, -0.25) is 19.4 Å². The number of H-pyrrole nitrogens is 1. The van der Waals surface area contributed by atoms with E-state index in [1.54, 1.807) is 23.0 Å². The van der Waals surface area contributed by atoms with E-state index in [2.05, 4.69) is 15.2 Å². The summed E-state index contributed by atoms with van der Waals surface area (Å²) in [4.78, 5) is 15.7. The zero-order chi connectivity index (χ0) is 14.0. The fraction of sp³-hybridized carbons (Fsp3) is 0.333. The number of amides is 1. The molecule has 6 nitrogen and oxygen atoms in total. The van der Waals surface area contributed by atoms with Crippen molar-refractivity contribution in [2.75, 3.05) is 0 Å². The first-order valence-electron chi connectivity index (χ1n) is 5.89. The van der Waals surface area contributed by atoms with Crippen LogP contribution in [0, 0.1) is 10.7 Å². The van der Waals surface area contributed by atoms with Crippen LogP contribution in [-0.4, -0.2) is 25.7 Å². The van der Waals surface area contributed by atoms with Crippen LogP contribution in [-0.2, 0) is 4.79 Å². The van der Waals surface area contributed by atoms with Crippen molar-refractivity contribution < 1.29 is 4.79 Å². The van der Waals surface area contributed by atoms with Crippen molar-refractivity contribution in [3.05, 3.63) is 29.3 Å². The smallest absolute Gasteiger partial charge is 0.240 e. The summed E-state index contributed by atoms with van der Waals surface area (Å²) in [6.07, 6.45) is 3.34. The molecule has 19 heavy (non-hydrogen) atoms. The molecule has 2 heterocycles. The first kappa shape index (κ1) is 13.4. The van der Waals surface area contributed by atoms with Gasteiger partial charge in [-0.1, -0.05) is 13.8 Å². The summed E-state index contributed by atoms with van der Waals surface area (Å²) in [5, 5.41) is 6.88. The topological polar surface area (TPSA) is 89.6 Å². The highest BCUT2D eigenvalue weighted by Gasteiger charge is 2.26. The zero-order valence-corrected chi connectivity index (χ0v) is 11.5. The second-order valence-electron chi connectivity index (χ2n) is 4.56. The number of rotatable bonds is 4. The Morgan fingerprint density at radius 3 is 2.79 bits per heavy atom. The quantitative estimate of drug-likeness (QED) is 0.832. The Kier molecular flexibility index (Phi) is 3.75. The fourth-order valence-corrected chi connectivity index (χ4v) is 2.26. The van der Waals surface area contributed by atoms with Gasteiger partial charge in [0.25, 0.3) is 0 Å². The average Bonchev–Trinajstić information content (AvgIpc) is 2.72. The van der Waals surface area contributed by atoms with Crippen molar-refractivity contribution in [2.24, 2.45) is 11.7 Å². The van der Waals surface area contributed by atoms with Crippen LogP contribution in [0.5, 0.6) is 0 Å². The van der Waals surface area contributed by atoms with E-state index in [0.29, 0.717) is 10.6 Å². The Labute approximate surface area is 115 Å². The Balaban J connectivity index is 2.61. The molecule has 0 aliphatic carbocycles. The van der Waals surface area contributed by atoms with Crippen molar-refractivity contribution in [1.82, 2.24) is 19.7 Å². The molecule has 2 aromatic heterocycles. The molecule has 2 aromatic rings. The molecular weight excluding hydrogens is 262 g/mol. The van der Waals surface area contributed by atoms with Gasteiger partial charge in [-0.15, -0.1) is 0 Å². The summed E-state index contributed by atoms with van der Waals surface area (Å²) in [5.74, 6) is 0.144. The number of aromatic amines is 1. The summed E-state index contributed by atoms with van der Waals surface area (Å²) < 4.78 is 2.02. The number of hydrogen-bond acceptors (Lipinski definition) is 4. The van der Waals surface area contributed by atoms with Crippen LogP contribution in [0.3, 0.4) is 0 Å². The Bertz CT molecular complexity index is 631. The lowest BCUT2D eigenvalue weighted by Crippen LogP contribution is -2.31. The third-order valence-corrected chi connectivity index (χ3v) is 3.11. The molecule has 0 fully saturated rings. The lowest BCUT2D eigenvalue weighted by molar-refractivity contribution is -0.122. The highest BCUT2D eigenvalue weighted by molar-refractivity contribution is 7.71. The van der Waals surface area contributed by atoms with Gasteiger partial charge in [-0.05, 0) is 30.3 Å². The molecule has 100 valence electrons. The number of primary amides is 1. The van der Waals surface area contributed by atoms with Crippen molar-refractivity contribution in [1.29, 1.82) is 0 Å². The number of carbonyl (C=O) groups is 1. The van der Waals surface area contributed by atoms with E-state index in [4.69, 9.17) is 18.0 Å². The molecule has 0 spiro atoms. The maximum atomic E-state index is 11.7. The summed E-state index contributed by atoms with van der Waals surface area (Å²) in [7, 11) is 0. The minimum atomic E-state index is -0.540. The predicted molar refractivity (Wildman–Crippen MR) is 73.7 cm³/mol. The molecule has 0 aromatic carbocycles. The molecule has 0 aliphatic rings. The normalized spacial score (nSPS) is 12.6. The summed E-state index contributed by atoms with van der Waals surface area (Å²) in [6.45, 7) is 3.83. The van der Waals surface area contributed by atoms with Crippen LogP contribution < -0.4 is 5.73 Å². The van der Waals surface area contributed by atoms with Crippen LogP contribution >= 0.6 is 12.2 Å². The average molecular weight is 277 g/mol. The number of nitrogens with two attached hydrogens (primary N) is 1. The summed E-state index contributed by atoms with van der Waals surface area (Å²) in [6, 6.07) is 3.11. The molecule has 2 rings (SSSR count). The van der Waals surface area contributed by atoms with E-state index in [0.717, 1.165) is 5.56 Å². The van der Waals surface area contributed by atoms with Crippen molar-refractivity contribution in [3.63, 3.8) is 0 Å². The van der Waals surface area contributed by atoms with E-state index < -0.39 is 11.9 Å². The molecule has 1 unspecified atom stereocenters. The second-order valence-corrected chi connectivity index (χ2v) is 4.94. The number of aromatic nitrogens is 4. The van der Waals surface area contributed by atoms with E-state index in [9.17, 15) is 4.79 Å². The van der Waals surface area contributed by atoms with Gasteiger partial charge in [0.15, 0.2) is 10.6 Å². The molecule has 1 amide bonds. The minimum absolute atomic E-state index is 0.0113. The molecule has 0 radical (unpaired) electrons. The van der Waals surface area contributed by atoms with Gasteiger partial charge in [0.05, 0.1) is 0 Å². The van der Waals surface area contributed by atoms with Crippen LogP contribution in [0.1, 0.15) is 19.9 Å². The fourth-order valence-electron chi connectivity index (χ4n) is 2.02. The number of hydrogen-bond donors (Lipinski definition) is 2. The van der Waals surface area contributed by atoms with Crippen molar-refractivity contribution in [3.8, 4) is 11.4 Å². The molecule has 3 N–H and O–H groups in total. The molecule has 0 saturated heterocycles. The van der Waals surface area contributed by atoms with Crippen LogP contribution in [0.4, 0.5) is 0 Å². The third kappa shape index (κ3) is 2.55. The van der Waals surface area contributed by atoms with Gasteiger partial charge in [-0.25, -0.2) is 0 Å². The van der Waals surface area contributed by atoms with Crippen LogP contribution in [0.2, 0.25) is 0 Å². The molecule has 0 aliphatic heterocycles. The molecule has 0 bridgehead atoms. The second kappa shape index (κ2) is 5.31. The highest BCUT2D eigenvalue weighted by Crippen LogP contribution is 2.25. The third-order valence-electron chi connectivity index (χ3n) is 2.83. The standard InChI is InChI=1S/C12H15N5OS/c1-7(2)9(10(13)18)17-11(15-16-12(17)19)8-4-3-5-14-6-8/h3-7,9H,1-2H3,(H2,13,18)(H,16,19). The monoisotopic (exact) mass is 277 g/mol. The summed E-state index contributed by atoms with van der Waals surface area (Å²) >= 11 is 5.20. The van der Waals surface area contributed by atoms with Crippen molar-refractivity contribution >= 4 is 18.1 Å². The Morgan fingerprint density at radius 1 is 1.53 bits per heavy atom. The van der Waals surface area contributed by atoms with Gasteiger partial charge in [-0.2, -0.15) is 5.10 Å². The molecular formula is C12H15N5OS. The lowest BCUT2D eigenvalue weighted by atomic mass is 10.0. The van der Waals surface area contributed by atoms with Crippen LogP contribution in [0.15, 0.2) is 24.5 Å². The highest BCUT2D eigenvalue weighted by atomic mass is 32.1. The number of pyridine rings is 1. The molecule has 0 saturated carbocycles. The largest absolute Gasteiger partial charge is 0.368 e. The zero-order valence-electron chi connectivity index (χ0n) is 10.7. The first-order valence-corrected chi connectivity index (χ1v) is 6.29. The van der Waals surface area contributed by atoms with Gasteiger partial charge in [0, 0.05) is 18.0 Å². The van der Waals surface area contributed by atoms with E-state index in [1.165, 1.54) is 0 Å². The number of carbonyl (C=O) groups excluding carboxylic acids is 1.